The second kappa shape index (κ2) is 7.72. The molecule has 0 saturated carbocycles. The highest BCUT2D eigenvalue weighted by atomic mass is 35.5. The van der Waals surface area contributed by atoms with Gasteiger partial charge in [-0.25, -0.2) is 4.98 Å². The van der Waals surface area contributed by atoms with Gasteiger partial charge in [0.15, 0.2) is 0 Å². The number of nitrogens with one attached hydrogen (secondary N) is 1. The Labute approximate surface area is 141 Å². The minimum absolute atomic E-state index is 0.0314. The van der Waals surface area contributed by atoms with E-state index in [1.54, 1.807) is 6.92 Å². The zero-order chi connectivity index (χ0) is 17.0. The molecule has 0 radical (unpaired) electrons. The van der Waals surface area contributed by atoms with Crippen LogP contribution in [0.1, 0.15) is 25.3 Å². The zero-order valence-corrected chi connectivity index (χ0v) is 13.9. The quantitative estimate of drug-likeness (QED) is 0.808. The number of aromatic nitrogens is 1. The Bertz CT molecular complexity index is 565. The molecule has 0 aromatic carbocycles. The van der Waals surface area contributed by atoms with Crippen molar-refractivity contribution >= 4 is 29.3 Å². The molecular formula is C14H16ClF3N2O2S. The lowest BCUT2D eigenvalue weighted by Crippen LogP contribution is -2.36. The molecule has 1 aromatic heterocycles. The molecule has 2 atom stereocenters. The third-order valence-electron chi connectivity index (χ3n) is 3.32. The topological polar surface area (TPSA) is 51.2 Å². The van der Waals surface area contributed by atoms with Gasteiger partial charge in [-0.2, -0.15) is 13.2 Å². The number of nitrogens with zero attached hydrogens (tertiary/aromatic N) is 1. The van der Waals surface area contributed by atoms with Crippen molar-refractivity contribution in [1.29, 1.82) is 0 Å². The Morgan fingerprint density at radius 3 is 2.91 bits per heavy atom. The highest BCUT2D eigenvalue weighted by Gasteiger charge is 2.32. The van der Waals surface area contributed by atoms with Crippen molar-refractivity contribution in [2.75, 3.05) is 13.2 Å². The molecule has 23 heavy (non-hydrogen) atoms. The van der Waals surface area contributed by atoms with Gasteiger partial charge < -0.3 is 10.1 Å². The predicted molar refractivity (Wildman–Crippen MR) is 81.6 cm³/mol. The van der Waals surface area contributed by atoms with Crippen LogP contribution in [0.2, 0.25) is 5.02 Å². The van der Waals surface area contributed by atoms with Gasteiger partial charge >= 0.3 is 6.18 Å². The Kier molecular flexibility index (Phi) is 6.16. The largest absolute Gasteiger partial charge is 0.417 e. The number of amides is 1. The first-order valence-electron chi connectivity index (χ1n) is 7.06. The van der Waals surface area contributed by atoms with Gasteiger partial charge in [0.25, 0.3) is 0 Å². The molecule has 9 heteroatoms. The maximum absolute atomic E-state index is 12.6. The summed E-state index contributed by atoms with van der Waals surface area (Å²) in [7, 11) is 0. The van der Waals surface area contributed by atoms with Crippen molar-refractivity contribution < 1.29 is 22.7 Å². The van der Waals surface area contributed by atoms with Gasteiger partial charge in [0, 0.05) is 19.3 Å². The molecule has 2 heterocycles. The summed E-state index contributed by atoms with van der Waals surface area (Å²) in [6, 6.07) is 0.813. The zero-order valence-electron chi connectivity index (χ0n) is 12.3. The third kappa shape index (κ3) is 5.26. The normalized spacial score (nSPS) is 19.6. The monoisotopic (exact) mass is 368 g/mol. The molecule has 0 aliphatic carbocycles. The van der Waals surface area contributed by atoms with Crippen LogP contribution in [0.25, 0.3) is 0 Å². The van der Waals surface area contributed by atoms with E-state index >= 15 is 0 Å². The fourth-order valence-electron chi connectivity index (χ4n) is 2.05. The molecule has 0 bridgehead atoms. The third-order valence-corrected chi connectivity index (χ3v) is 4.84. The van der Waals surface area contributed by atoms with E-state index in [1.165, 1.54) is 0 Å². The maximum Gasteiger partial charge on any atom is 0.417 e. The molecule has 1 saturated heterocycles. The van der Waals surface area contributed by atoms with E-state index < -0.39 is 17.0 Å². The summed E-state index contributed by atoms with van der Waals surface area (Å²) in [5.41, 5.74) is -0.915. The van der Waals surface area contributed by atoms with Gasteiger partial charge in [0.2, 0.25) is 5.91 Å². The highest BCUT2D eigenvalue weighted by molar-refractivity contribution is 8.00. The number of rotatable bonds is 5. The average Bonchev–Trinajstić information content (AvgIpc) is 2.99. The summed E-state index contributed by atoms with van der Waals surface area (Å²) in [4.78, 5) is 15.7. The van der Waals surface area contributed by atoms with Gasteiger partial charge in [-0.15, -0.1) is 0 Å². The molecular weight excluding hydrogens is 353 g/mol. The van der Waals surface area contributed by atoms with Gasteiger partial charge in [-0.1, -0.05) is 23.4 Å². The van der Waals surface area contributed by atoms with Crippen molar-refractivity contribution in [3.63, 3.8) is 0 Å². The Morgan fingerprint density at radius 1 is 1.61 bits per heavy atom. The molecule has 0 spiro atoms. The highest BCUT2D eigenvalue weighted by Crippen LogP contribution is 2.34. The van der Waals surface area contributed by atoms with Crippen molar-refractivity contribution in [3.8, 4) is 0 Å². The molecule has 1 fully saturated rings. The number of ether oxygens (including phenoxy) is 1. The number of hydrogen-bond acceptors (Lipinski definition) is 4. The number of pyridine rings is 1. The van der Waals surface area contributed by atoms with Gasteiger partial charge in [-0.3, -0.25) is 4.79 Å². The molecule has 1 aliphatic rings. The first-order valence-corrected chi connectivity index (χ1v) is 8.32. The van der Waals surface area contributed by atoms with Crippen molar-refractivity contribution in [1.82, 2.24) is 10.3 Å². The van der Waals surface area contributed by atoms with E-state index in [1.807, 2.05) is 0 Å². The van der Waals surface area contributed by atoms with Gasteiger partial charge in [0.05, 0.1) is 21.9 Å². The number of carbonyl (C=O) groups is 1. The van der Waals surface area contributed by atoms with E-state index in [0.29, 0.717) is 19.3 Å². The molecule has 1 aliphatic heterocycles. The van der Waals surface area contributed by atoms with E-state index in [2.05, 4.69) is 10.3 Å². The molecule has 1 amide bonds. The van der Waals surface area contributed by atoms with Crippen LogP contribution in [0.4, 0.5) is 13.2 Å². The van der Waals surface area contributed by atoms with Crippen molar-refractivity contribution in [2.24, 2.45) is 0 Å². The van der Waals surface area contributed by atoms with Crippen LogP contribution in [-0.2, 0) is 15.7 Å². The SMILES string of the molecule is C[C@@H](Sc1ncc(C(F)(F)F)cc1Cl)C(=O)NC[C@H]1CCCO1. The van der Waals surface area contributed by atoms with E-state index in [4.69, 9.17) is 16.3 Å². The summed E-state index contributed by atoms with van der Waals surface area (Å²) in [6.07, 6.45) is -1.86. The first kappa shape index (κ1) is 18.4. The van der Waals surface area contributed by atoms with Crippen LogP contribution in [0, 0.1) is 0 Å². The van der Waals surface area contributed by atoms with Gasteiger partial charge in [-0.05, 0) is 25.8 Å². The predicted octanol–water partition coefficient (Wildman–Crippen LogP) is 3.53. The molecule has 4 nitrogen and oxygen atoms in total. The fourth-order valence-corrected chi connectivity index (χ4v) is 3.16. The van der Waals surface area contributed by atoms with Crippen molar-refractivity contribution in [2.45, 2.75) is 42.3 Å². The van der Waals surface area contributed by atoms with Crippen LogP contribution in [0.15, 0.2) is 17.3 Å². The van der Waals surface area contributed by atoms with E-state index in [0.717, 1.165) is 30.7 Å². The summed E-state index contributed by atoms with van der Waals surface area (Å²) < 4.78 is 43.1. The fraction of sp³-hybridized carbons (Fsp3) is 0.571. The molecule has 1 N–H and O–H groups in total. The number of hydrogen-bond donors (Lipinski definition) is 1. The minimum atomic E-state index is -4.50. The van der Waals surface area contributed by atoms with Crippen LogP contribution < -0.4 is 5.32 Å². The summed E-state index contributed by atoms with van der Waals surface area (Å²) in [6.45, 7) is 2.78. The van der Waals surface area contributed by atoms with Crippen LogP contribution in [0.3, 0.4) is 0 Å². The number of carbonyl (C=O) groups excluding carboxylic acids is 1. The summed E-state index contributed by atoms with van der Waals surface area (Å²) >= 11 is 6.85. The first-order chi connectivity index (χ1) is 10.8. The van der Waals surface area contributed by atoms with Crippen LogP contribution in [-0.4, -0.2) is 35.4 Å². The second-order valence-electron chi connectivity index (χ2n) is 5.15. The molecule has 128 valence electrons. The summed E-state index contributed by atoms with van der Waals surface area (Å²) in [5, 5.41) is 2.31. The lowest BCUT2D eigenvalue weighted by atomic mass is 10.2. The second-order valence-corrected chi connectivity index (χ2v) is 6.89. The maximum atomic E-state index is 12.6. The Hall–Kier alpha value is -0.990. The Morgan fingerprint density at radius 2 is 2.35 bits per heavy atom. The number of alkyl halides is 3. The standard InChI is InChI=1S/C14H16ClF3N2O2S/c1-8(12(21)19-7-10-3-2-4-22-10)23-13-11(15)5-9(6-20-13)14(16,17)18/h5-6,8,10H,2-4,7H2,1H3,(H,19,21)/t8-,10-/m1/s1. The molecule has 1 aromatic rings. The average molecular weight is 369 g/mol. The summed E-state index contributed by atoms with van der Waals surface area (Å²) in [5.74, 6) is -0.233. The number of thioether (sulfide) groups is 1. The Balaban J connectivity index is 1.91. The van der Waals surface area contributed by atoms with Crippen LogP contribution >= 0.6 is 23.4 Å². The lowest BCUT2D eigenvalue weighted by Gasteiger charge is -2.15. The lowest BCUT2D eigenvalue weighted by molar-refractivity contribution is -0.137. The molecule has 0 unspecified atom stereocenters. The number of halogens is 4. The van der Waals surface area contributed by atoms with E-state index in [9.17, 15) is 18.0 Å². The minimum Gasteiger partial charge on any atom is -0.376 e. The van der Waals surface area contributed by atoms with E-state index in [-0.39, 0.29) is 22.1 Å². The smallest absolute Gasteiger partial charge is 0.376 e. The van der Waals surface area contributed by atoms with Crippen LogP contribution in [0.5, 0.6) is 0 Å². The molecule has 2 rings (SSSR count). The van der Waals surface area contributed by atoms with Gasteiger partial charge in [0.1, 0.15) is 5.03 Å². The van der Waals surface area contributed by atoms with Crippen molar-refractivity contribution in [3.05, 3.63) is 22.8 Å².